The fourth-order valence-corrected chi connectivity index (χ4v) is 5.28. The molecule has 1 aliphatic carbocycles. The number of carbonyl (C=O) groups is 3. The van der Waals surface area contributed by atoms with Crippen molar-refractivity contribution in [1.82, 2.24) is 5.32 Å². The Balaban J connectivity index is 1.82. The normalized spacial score (nSPS) is 14.5. The first-order chi connectivity index (χ1) is 16.4. The molecule has 176 valence electrons. The SMILES string of the molecule is CC(=O)c1ccccc1N(C(=O)Cc1cccs1)[C@H](C(=O)NC1CCCC1)c1ccc(Cl)cc1. The van der Waals surface area contributed by atoms with Gasteiger partial charge in [-0.05, 0) is 61.0 Å². The van der Waals surface area contributed by atoms with Crippen LogP contribution in [0.2, 0.25) is 5.02 Å². The molecule has 1 fully saturated rings. The van der Waals surface area contributed by atoms with Crippen molar-refractivity contribution in [2.75, 3.05) is 4.90 Å². The van der Waals surface area contributed by atoms with Gasteiger partial charge >= 0.3 is 0 Å². The number of nitrogens with zero attached hydrogens (tertiary/aromatic N) is 1. The largest absolute Gasteiger partial charge is 0.351 e. The summed E-state index contributed by atoms with van der Waals surface area (Å²) in [6.07, 6.45) is 4.12. The Hall–Kier alpha value is -2.96. The molecule has 1 aromatic heterocycles. The molecule has 4 rings (SSSR count). The van der Waals surface area contributed by atoms with Crippen LogP contribution in [0.4, 0.5) is 5.69 Å². The maximum Gasteiger partial charge on any atom is 0.248 e. The Bertz CT molecular complexity index is 1150. The van der Waals surface area contributed by atoms with Crippen LogP contribution < -0.4 is 10.2 Å². The van der Waals surface area contributed by atoms with Gasteiger partial charge in [-0.1, -0.05) is 54.8 Å². The number of rotatable bonds is 8. The minimum atomic E-state index is -0.939. The second-order valence-electron chi connectivity index (χ2n) is 8.54. The highest BCUT2D eigenvalue weighted by atomic mass is 35.5. The van der Waals surface area contributed by atoms with Gasteiger partial charge in [0.1, 0.15) is 6.04 Å². The smallest absolute Gasteiger partial charge is 0.248 e. The van der Waals surface area contributed by atoms with Crippen LogP contribution in [0.5, 0.6) is 0 Å². The molecule has 1 heterocycles. The van der Waals surface area contributed by atoms with Gasteiger partial charge < -0.3 is 5.32 Å². The summed E-state index contributed by atoms with van der Waals surface area (Å²) in [6.45, 7) is 1.47. The molecule has 0 bridgehead atoms. The molecular formula is C27H27ClN2O3S. The zero-order valence-corrected chi connectivity index (χ0v) is 20.6. The van der Waals surface area contributed by atoms with Crippen molar-refractivity contribution in [2.45, 2.75) is 51.1 Å². The van der Waals surface area contributed by atoms with E-state index in [0.717, 1.165) is 30.6 Å². The zero-order chi connectivity index (χ0) is 24.1. The molecule has 1 atom stereocenters. The number of halogens is 1. The Morgan fingerprint density at radius 2 is 1.74 bits per heavy atom. The second kappa shape index (κ2) is 11.0. The van der Waals surface area contributed by atoms with Crippen molar-refractivity contribution in [3.05, 3.63) is 87.1 Å². The van der Waals surface area contributed by atoms with Gasteiger partial charge in [-0.3, -0.25) is 19.3 Å². The van der Waals surface area contributed by atoms with E-state index >= 15 is 0 Å². The van der Waals surface area contributed by atoms with Crippen molar-refractivity contribution in [3.8, 4) is 0 Å². The number of hydrogen-bond acceptors (Lipinski definition) is 4. The lowest BCUT2D eigenvalue weighted by Crippen LogP contribution is -2.47. The number of ketones is 1. The molecule has 3 aromatic rings. The van der Waals surface area contributed by atoms with Gasteiger partial charge in [0.15, 0.2) is 5.78 Å². The minimum Gasteiger partial charge on any atom is -0.351 e. The molecule has 1 saturated carbocycles. The third-order valence-corrected chi connectivity index (χ3v) is 7.24. The van der Waals surface area contributed by atoms with E-state index in [-0.39, 0.29) is 30.1 Å². The number of carbonyl (C=O) groups excluding carboxylic acids is 3. The summed E-state index contributed by atoms with van der Waals surface area (Å²) in [7, 11) is 0. The minimum absolute atomic E-state index is 0.0830. The standard InChI is InChI=1S/C27H27ClN2O3S/c1-18(31)23-10-4-5-11-24(23)30(25(32)17-22-9-6-16-34-22)26(19-12-14-20(28)15-13-19)27(33)29-21-7-2-3-8-21/h4-6,9-16,21,26H,2-3,7-8,17H2,1H3,(H,29,33)/t26-/m0/s1. The van der Waals surface area contributed by atoms with Crippen molar-refractivity contribution >= 4 is 46.2 Å². The number of thiophene rings is 1. The lowest BCUT2D eigenvalue weighted by atomic mass is 9.99. The molecule has 0 radical (unpaired) electrons. The lowest BCUT2D eigenvalue weighted by Gasteiger charge is -2.33. The predicted octanol–water partition coefficient (Wildman–Crippen LogP) is 5.98. The van der Waals surface area contributed by atoms with Crippen LogP contribution in [-0.2, 0) is 16.0 Å². The molecule has 0 spiro atoms. The molecule has 1 aliphatic rings. The average Bonchev–Trinajstić information content (AvgIpc) is 3.52. The van der Waals surface area contributed by atoms with Gasteiger partial charge in [0.25, 0.3) is 0 Å². The van der Waals surface area contributed by atoms with Crippen molar-refractivity contribution in [3.63, 3.8) is 0 Å². The number of amides is 2. The number of anilines is 1. The van der Waals surface area contributed by atoms with Gasteiger partial charge in [0, 0.05) is 21.5 Å². The maximum absolute atomic E-state index is 13.8. The van der Waals surface area contributed by atoms with Crippen LogP contribution in [0.1, 0.15) is 59.4 Å². The highest BCUT2D eigenvalue weighted by molar-refractivity contribution is 7.10. The average molecular weight is 495 g/mol. The van der Waals surface area contributed by atoms with E-state index < -0.39 is 6.04 Å². The van der Waals surface area contributed by atoms with Gasteiger partial charge in [0.05, 0.1) is 12.1 Å². The third-order valence-electron chi connectivity index (χ3n) is 6.11. The molecule has 2 aromatic carbocycles. The Morgan fingerprint density at radius 1 is 1.03 bits per heavy atom. The first-order valence-electron chi connectivity index (χ1n) is 11.4. The molecule has 7 heteroatoms. The first kappa shape index (κ1) is 24.2. The number of Topliss-reactive ketones (excluding diaryl/α,β-unsaturated/α-hetero) is 1. The number of hydrogen-bond donors (Lipinski definition) is 1. The fraction of sp³-hybridized carbons (Fsp3) is 0.296. The quantitative estimate of drug-likeness (QED) is 0.392. The molecule has 2 amide bonds. The summed E-state index contributed by atoms with van der Waals surface area (Å²) in [5.41, 5.74) is 1.46. The molecule has 0 unspecified atom stereocenters. The number of benzene rings is 2. The highest BCUT2D eigenvalue weighted by Gasteiger charge is 2.35. The Kier molecular flexibility index (Phi) is 7.80. The molecule has 34 heavy (non-hydrogen) atoms. The van der Waals surface area contributed by atoms with E-state index in [4.69, 9.17) is 11.6 Å². The summed E-state index contributed by atoms with van der Waals surface area (Å²) in [4.78, 5) is 42.5. The van der Waals surface area contributed by atoms with E-state index in [1.54, 1.807) is 48.5 Å². The predicted molar refractivity (Wildman–Crippen MR) is 137 cm³/mol. The topological polar surface area (TPSA) is 66.5 Å². The van der Waals surface area contributed by atoms with E-state index in [2.05, 4.69) is 5.32 Å². The first-order valence-corrected chi connectivity index (χ1v) is 12.7. The van der Waals surface area contributed by atoms with E-state index in [1.165, 1.54) is 23.2 Å². The molecule has 1 N–H and O–H groups in total. The number of para-hydroxylation sites is 1. The maximum atomic E-state index is 13.8. The van der Waals surface area contributed by atoms with Gasteiger partial charge in [-0.15, -0.1) is 11.3 Å². The molecular weight excluding hydrogens is 468 g/mol. The van der Waals surface area contributed by atoms with Crippen LogP contribution in [0.25, 0.3) is 0 Å². The van der Waals surface area contributed by atoms with Crippen molar-refractivity contribution in [2.24, 2.45) is 0 Å². The van der Waals surface area contributed by atoms with Gasteiger partial charge in [-0.25, -0.2) is 0 Å². The Morgan fingerprint density at radius 3 is 2.38 bits per heavy atom. The van der Waals surface area contributed by atoms with Gasteiger partial charge in [0.2, 0.25) is 11.8 Å². The fourth-order valence-electron chi connectivity index (χ4n) is 4.46. The zero-order valence-electron chi connectivity index (χ0n) is 19.0. The van der Waals surface area contributed by atoms with Crippen LogP contribution in [-0.4, -0.2) is 23.6 Å². The molecule has 0 aliphatic heterocycles. The van der Waals surface area contributed by atoms with Crippen LogP contribution >= 0.6 is 22.9 Å². The van der Waals surface area contributed by atoms with E-state index in [0.29, 0.717) is 21.8 Å². The van der Waals surface area contributed by atoms with Crippen molar-refractivity contribution < 1.29 is 14.4 Å². The number of nitrogens with one attached hydrogen (secondary N) is 1. The highest BCUT2D eigenvalue weighted by Crippen LogP contribution is 2.33. The summed E-state index contributed by atoms with van der Waals surface area (Å²) in [5.74, 6) is -0.680. The Labute approximate surface area is 208 Å². The summed E-state index contributed by atoms with van der Waals surface area (Å²) in [5, 5.41) is 5.61. The lowest BCUT2D eigenvalue weighted by molar-refractivity contribution is -0.127. The van der Waals surface area contributed by atoms with Crippen LogP contribution in [0.15, 0.2) is 66.0 Å². The van der Waals surface area contributed by atoms with Crippen LogP contribution in [0, 0.1) is 0 Å². The second-order valence-corrected chi connectivity index (χ2v) is 10.0. The summed E-state index contributed by atoms with van der Waals surface area (Å²) in [6, 6.07) is 16.9. The van der Waals surface area contributed by atoms with Crippen LogP contribution in [0.3, 0.4) is 0 Å². The summed E-state index contributed by atoms with van der Waals surface area (Å²) < 4.78 is 0. The van der Waals surface area contributed by atoms with Crippen molar-refractivity contribution in [1.29, 1.82) is 0 Å². The molecule has 0 saturated heterocycles. The summed E-state index contributed by atoms with van der Waals surface area (Å²) >= 11 is 7.62. The third kappa shape index (κ3) is 5.57. The van der Waals surface area contributed by atoms with E-state index in [9.17, 15) is 14.4 Å². The van der Waals surface area contributed by atoms with Gasteiger partial charge in [-0.2, -0.15) is 0 Å². The molecule has 5 nitrogen and oxygen atoms in total. The monoisotopic (exact) mass is 494 g/mol. The van der Waals surface area contributed by atoms with E-state index in [1.807, 2.05) is 17.5 Å².